The average molecular weight is 556 g/mol. The highest BCUT2D eigenvalue weighted by atomic mass is 79.9. The highest BCUT2D eigenvalue weighted by Crippen LogP contribution is 2.55. The van der Waals surface area contributed by atoms with Crippen LogP contribution in [-0.2, 0) is 16.4 Å². The molecule has 0 saturated carbocycles. The first kappa shape index (κ1) is 27.4. The van der Waals surface area contributed by atoms with E-state index >= 15 is 0 Å². The van der Waals surface area contributed by atoms with Crippen LogP contribution in [0.5, 0.6) is 0 Å². The zero-order valence-corrected chi connectivity index (χ0v) is 25.0. The summed E-state index contributed by atoms with van der Waals surface area (Å²) in [6.07, 6.45) is 0. The van der Waals surface area contributed by atoms with Gasteiger partial charge in [0.2, 0.25) is 0 Å². The molecule has 1 atom stereocenters. The molecule has 1 unspecified atom stereocenters. The van der Waals surface area contributed by atoms with Crippen molar-refractivity contribution in [2.45, 2.75) is 71.8 Å². The quantitative estimate of drug-likeness (QED) is 0.261. The number of hydrogen-bond acceptors (Lipinski definition) is 1. The van der Waals surface area contributed by atoms with Crippen LogP contribution in [0, 0.1) is 0 Å². The van der Waals surface area contributed by atoms with Gasteiger partial charge in [0.05, 0.1) is 0 Å². The van der Waals surface area contributed by atoms with Gasteiger partial charge in [-0.3, -0.25) is 0 Å². The molecule has 0 radical (unpaired) electrons. The van der Waals surface area contributed by atoms with Crippen LogP contribution in [0.4, 0.5) is 0 Å². The number of aliphatic hydroxyl groups is 1. The van der Waals surface area contributed by atoms with Gasteiger partial charge >= 0.3 is 0 Å². The molecule has 1 nitrogen and oxygen atoms in total. The summed E-state index contributed by atoms with van der Waals surface area (Å²) in [5.41, 5.74) is 8.37. The molecule has 4 aromatic carbocycles. The second-order valence-electron chi connectivity index (χ2n) is 11.8. The third kappa shape index (κ3) is 4.71. The Morgan fingerprint density at radius 2 is 1.16 bits per heavy atom. The molecule has 0 heterocycles. The highest BCUT2D eigenvalue weighted by Gasteiger charge is 2.46. The van der Waals surface area contributed by atoms with E-state index in [9.17, 15) is 5.11 Å². The van der Waals surface area contributed by atoms with Crippen LogP contribution in [-0.4, -0.2) is 5.11 Å². The fourth-order valence-corrected chi connectivity index (χ4v) is 5.93. The van der Waals surface area contributed by atoms with E-state index < -0.39 is 5.60 Å². The van der Waals surface area contributed by atoms with Gasteiger partial charge in [-0.25, -0.2) is 0 Å². The maximum absolute atomic E-state index is 12.8. The van der Waals surface area contributed by atoms with E-state index in [0.29, 0.717) is 0 Å². The van der Waals surface area contributed by atoms with Crippen molar-refractivity contribution >= 4 is 15.9 Å². The molecule has 5 rings (SSSR count). The van der Waals surface area contributed by atoms with E-state index in [2.05, 4.69) is 118 Å². The van der Waals surface area contributed by atoms with Gasteiger partial charge in [0, 0.05) is 21.2 Å². The van der Waals surface area contributed by atoms with Gasteiger partial charge in [-0.2, -0.15) is 0 Å². The van der Waals surface area contributed by atoms with Gasteiger partial charge in [0.15, 0.2) is 0 Å². The van der Waals surface area contributed by atoms with Crippen molar-refractivity contribution in [2.75, 3.05) is 0 Å². The summed E-state index contributed by atoms with van der Waals surface area (Å²) in [7, 11) is 0. The van der Waals surface area contributed by atoms with Crippen LogP contribution >= 0.6 is 15.9 Å². The second kappa shape index (κ2) is 9.89. The molecular formula is C35H39BrO. The minimum absolute atomic E-state index is 0.0470. The van der Waals surface area contributed by atoms with Gasteiger partial charge < -0.3 is 5.11 Å². The predicted octanol–water partition coefficient (Wildman–Crippen LogP) is 10.0. The Morgan fingerprint density at radius 1 is 0.595 bits per heavy atom. The number of rotatable bonds is 2. The molecule has 37 heavy (non-hydrogen) atoms. The van der Waals surface area contributed by atoms with Crippen molar-refractivity contribution in [1.29, 1.82) is 0 Å². The molecular weight excluding hydrogens is 516 g/mol. The molecule has 0 spiro atoms. The van der Waals surface area contributed by atoms with E-state index in [1.54, 1.807) is 0 Å². The van der Waals surface area contributed by atoms with Crippen LogP contribution in [0.25, 0.3) is 22.3 Å². The van der Waals surface area contributed by atoms with E-state index in [4.69, 9.17) is 0 Å². The molecule has 1 N–H and O–H groups in total. The van der Waals surface area contributed by atoms with Crippen molar-refractivity contribution in [2.24, 2.45) is 0 Å². The number of benzene rings is 4. The van der Waals surface area contributed by atoms with Crippen LogP contribution < -0.4 is 0 Å². The lowest BCUT2D eigenvalue weighted by atomic mass is 9.76. The molecule has 0 saturated heterocycles. The topological polar surface area (TPSA) is 20.2 Å². The standard InChI is InChI=1S/C33H33BrO.C2H6/c1-31(2,3)22-16-14-21(15-17-22)24-19-18-23(32(4,5)6)20-28(24)33(35)27-12-8-7-10-25(27)26-11-9-13-29(34)30(26)33;1-2/h7-20,35H,1-6H3;1-2H3. The molecule has 0 aliphatic heterocycles. The Kier molecular flexibility index (Phi) is 7.31. The Morgan fingerprint density at radius 3 is 1.78 bits per heavy atom. The Balaban J connectivity index is 0.00000156. The largest absolute Gasteiger partial charge is 0.376 e. The molecule has 0 bridgehead atoms. The summed E-state index contributed by atoms with van der Waals surface area (Å²) in [5, 5.41) is 12.8. The van der Waals surface area contributed by atoms with Crippen LogP contribution in [0.15, 0.2) is 89.4 Å². The third-order valence-corrected chi connectivity index (χ3v) is 7.98. The first-order valence-electron chi connectivity index (χ1n) is 13.3. The van der Waals surface area contributed by atoms with Gasteiger partial charge in [0.25, 0.3) is 0 Å². The minimum atomic E-state index is -1.27. The van der Waals surface area contributed by atoms with Crippen LogP contribution in [0.1, 0.15) is 83.2 Å². The fourth-order valence-electron chi connectivity index (χ4n) is 5.28. The SMILES string of the molecule is CC.CC(C)(C)c1ccc(-c2ccc(C(C)(C)C)cc2C2(O)c3ccccc3-c3cccc(Br)c32)cc1. The van der Waals surface area contributed by atoms with Crippen molar-refractivity contribution in [3.05, 3.63) is 117 Å². The first-order valence-corrected chi connectivity index (χ1v) is 14.1. The predicted molar refractivity (Wildman–Crippen MR) is 162 cm³/mol. The summed E-state index contributed by atoms with van der Waals surface area (Å²) in [5.74, 6) is 0. The summed E-state index contributed by atoms with van der Waals surface area (Å²) >= 11 is 3.79. The maximum atomic E-state index is 12.8. The Labute approximate surface area is 231 Å². The zero-order chi connectivity index (χ0) is 27.2. The lowest BCUT2D eigenvalue weighted by molar-refractivity contribution is 0.130. The third-order valence-electron chi connectivity index (χ3n) is 7.32. The van der Waals surface area contributed by atoms with Crippen molar-refractivity contribution in [3.63, 3.8) is 0 Å². The number of fused-ring (bicyclic) bond motifs is 3. The van der Waals surface area contributed by atoms with Gasteiger partial charge in [-0.1, -0.05) is 150 Å². The normalized spacial score (nSPS) is 16.5. The van der Waals surface area contributed by atoms with Crippen molar-refractivity contribution in [3.8, 4) is 22.3 Å². The van der Waals surface area contributed by atoms with Crippen LogP contribution in [0.2, 0.25) is 0 Å². The van der Waals surface area contributed by atoms with Gasteiger partial charge in [-0.15, -0.1) is 0 Å². The number of halogens is 1. The Bertz CT molecular complexity index is 1420. The summed E-state index contributed by atoms with van der Waals surface area (Å²) < 4.78 is 0.920. The van der Waals surface area contributed by atoms with Gasteiger partial charge in [-0.05, 0) is 50.3 Å². The molecule has 4 aromatic rings. The average Bonchev–Trinajstić information content (AvgIpc) is 3.14. The lowest BCUT2D eigenvalue weighted by Gasteiger charge is -2.32. The van der Waals surface area contributed by atoms with E-state index in [-0.39, 0.29) is 10.8 Å². The molecule has 192 valence electrons. The van der Waals surface area contributed by atoms with Crippen molar-refractivity contribution in [1.82, 2.24) is 0 Å². The van der Waals surface area contributed by atoms with Gasteiger partial charge in [0.1, 0.15) is 5.60 Å². The smallest absolute Gasteiger partial charge is 0.143 e. The zero-order valence-electron chi connectivity index (χ0n) is 23.4. The fraction of sp³-hybridized carbons (Fsp3) is 0.314. The van der Waals surface area contributed by atoms with E-state index in [1.165, 1.54) is 11.1 Å². The first-order chi connectivity index (χ1) is 17.4. The highest BCUT2D eigenvalue weighted by molar-refractivity contribution is 9.10. The molecule has 1 aliphatic carbocycles. The van der Waals surface area contributed by atoms with Crippen LogP contribution in [0.3, 0.4) is 0 Å². The summed E-state index contributed by atoms with van der Waals surface area (Å²) in [6.45, 7) is 17.4. The summed E-state index contributed by atoms with van der Waals surface area (Å²) in [4.78, 5) is 0. The minimum Gasteiger partial charge on any atom is -0.376 e. The monoisotopic (exact) mass is 554 g/mol. The Hall–Kier alpha value is -2.68. The molecule has 1 aliphatic rings. The molecule has 0 aromatic heterocycles. The van der Waals surface area contributed by atoms with E-state index in [1.807, 2.05) is 38.1 Å². The summed E-state index contributed by atoms with van der Waals surface area (Å²) in [6, 6.07) is 29.9. The van der Waals surface area contributed by atoms with Crippen molar-refractivity contribution < 1.29 is 5.11 Å². The lowest BCUT2D eigenvalue weighted by Crippen LogP contribution is -2.28. The maximum Gasteiger partial charge on any atom is 0.143 e. The molecule has 0 amide bonds. The number of hydrogen-bond donors (Lipinski definition) is 1. The molecule has 2 heteroatoms. The second-order valence-corrected chi connectivity index (χ2v) is 12.6. The molecule has 0 fully saturated rings. The van der Waals surface area contributed by atoms with E-state index in [0.717, 1.165) is 43.4 Å².